The Labute approximate surface area is 133 Å². The first-order chi connectivity index (χ1) is 11.2. The molecule has 0 unspecified atom stereocenters. The fourth-order valence-electron chi connectivity index (χ4n) is 2.91. The lowest BCUT2D eigenvalue weighted by molar-refractivity contribution is -0.147. The average Bonchev–Trinajstić information content (AvgIpc) is 3.07. The van der Waals surface area contributed by atoms with Crippen LogP contribution in [0.4, 0.5) is 0 Å². The molecule has 1 aromatic heterocycles. The van der Waals surface area contributed by atoms with Crippen LogP contribution in [0.1, 0.15) is 10.4 Å². The van der Waals surface area contributed by atoms with E-state index in [1.165, 1.54) is 0 Å². The van der Waals surface area contributed by atoms with Crippen molar-refractivity contribution >= 4 is 16.9 Å². The number of nitrogens with zero attached hydrogens (tertiary/aromatic N) is 3. The SMILES string of the molecule is CO[C@H]1[C@H](N(C)C(=O)c2ccc3n[nH]nc3c2)COC[C@H]1OC. The molecule has 2 heterocycles. The summed E-state index contributed by atoms with van der Waals surface area (Å²) in [6.45, 7) is 0.866. The zero-order chi connectivity index (χ0) is 16.4. The zero-order valence-corrected chi connectivity index (χ0v) is 13.4. The van der Waals surface area contributed by atoms with E-state index in [9.17, 15) is 4.79 Å². The number of methoxy groups -OCH3 is 2. The molecule has 3 atom stereocenters. The number of carbonyl (C=O) groups excluding carboxylic acids is 1. The van der Waals surface area contributed by atoms with Crippen molar-refractivity contribution in [1.29, 1.82) is 0 Å². The van der Waals surface area contributed by atoms with Crippen LogP contribution >= 0.6 is 0 Å². The molecule has 124 valence electrons. The minimum Gasteiger partial charge on any atom is -0.376 e. The number of nitrogens with one attached hydrogen (secondary N) is 1. The lowest BCUT2D eigenvalue weighted by atomic mass is 10.0. The molecule has 8 nitrogen and oxygen atoms in total. The van der Waals surface area contributed by atoms with E-state index < -0.39 is 0 Å². The lowest BCUT2D eigenvalue weighted by Gasteiger charge is -2.40. The standard InChI is InChI=1S/C15H20N4O4/c1-19(12-7-23-8-13(21-2)14(12)22-3)15(20)9-4-5-10-11(6-9)17-18-16-10/h4-6,12-14H,7-8H2,1-3H3,(H,16,17,18)/t12-,13-,14+/m1/s1. The first kappa shape index (κ1) is 15.9. The number of fused-ring (bicyclic) bond motifs is 1. The summed E-state index contributed by atoms with van der Waals surface area (Å²) in [7, 11) is 4.98. The molecule has 0 spiro atoms. The second-order valence-corrected chi connectivity index (χ2v) is 5.52. The number of aromatic nitrogens is 3. The highest BCUT2D eigenvalue weighted by Gasteiger charge is 2.38. The molecule has 1 fully saturated rings. The van der Waals surface area contributed by atoms with Crippen LogP contribution < -0.4 is 0 Å². The van der Waals surface area contributed by atoms with Gasteiger partial charge in [-0.15, -0.1) is 0 Å². The van der Waals surface area contributed by atoms with Crippen LogP contribution in [-0.4, -0.2) is 78.9 Å². The maximum Gasteiger partial charge on any atom is 0.254 e. The lowest BCUT2D eigenvalue weighted by Crippen LogP contribution is -2.57. The normalized spacial score (nSPS) is 24.7. The van der Waals surface area contributed by atoms with E-state index in [1.807, 2.05) is 0 Å². The van der Waals surface area contributed by atoms with Crippen molar-refractivity contribution in [3.8, 4) is 0 Å². The van der Waals surface area contributed by atoms with E-state index in [2.05, 4.69) is 15.4 Å². The van der Waals surface area contributed by atoms with Gasteiger partial charge in [0.15, 0.2) is 0 Å². The Balaban J connectivity index is 1.82. The van der Waals surface area contributed by atoms with Crippen LogP contribution in [0.15, 0.2) is 18.2 Å². The first-order valence-corrected chi connectivity index (χ1v) is 7.36. The molecule has 1 aliphatic rings. The molecule has 0 bridgehead atoms. The van der Waals surface area contributed by atoms with E-state index in [0.717, 1.165) is 5.52 Å². The third-order valence-corrected chi connectivity index (χ3v) is 4.27. The van der Waals surface area contributed by atoms with Crippen molar-refractivity contribution < 1.29 is 19.0 Å². The Bertz CT molecular complexity index is 689. The highest BCUT2D eigenvalue weighted by Crippen LogP contribution is 2.21. The highest BCUT2D eigenvalue weighted by atomic mass is 16.6. The van der Waals surface area contributed by atoms with Gasteiger partial charge < -0.3 is 19.1 Å². The van der Waals surface area contributed by atoms with Gasteiger partial charge in [0, 0.05) is 26.8 Å². The number of carbonyl (C=O) groups is 1. The van der Waals surface area contributed by atoms with E-state index >= 15 is 0 Å². The van der Waals surface area contributed by atoms with Crippen molar-refractivity contribution in [2.45, 2.75) is 18.2 Å². The summed E-state index contributed by atoms with van der Waals surface area (Å²) >= 11 is 0. The van der Waals surface area contributed by atoms with Crippen molar-refractivity contribution in [3.63, 3.8) is 0 Å². The zero-order valence-electron chi connectivity index (χ0n) is 13.4. The quantitative estimate of drug-likeness (QED) is 0.880. The summed E-state index contributed by atoms with van der Waals surface area (Å²) in [4.78, 5) is 14.4. The number of ether oxygens (including phenoxy) is 3. The summed E-state index contributed by atoms with van der Waals surface area (Å²) in [6, 6.07) is 5.00. The molecule has 23 heavy (non-hydrogen) atoms. The molecule has 2 aromatic rings. The largest absolute Gasteiger partial charge is 0.376 e. The fourth-order valence-corrected chi connectivity index (χ4v) is 2.91. The molecule has 0 saturated carbocycles. The predicted octanol–water partition coefficient (Wildman–Crippen LogP) is 0.459. The molecule has 0 aliphatic carbocycles. The number of likely N-dealkylation sites (N-methyl/N-ethyl adjacent to an activating group) is 1. The Hall–Kier alpha value is -2.03. The molecular formula is C15H20N4O4. The third kappa shape index (κ3) is 2.92. The molecule has 1 amide bonds. The number of aromatic amines is 1. The smallest absolute Gasteiger partial charge is 0.254 e. The number of rotatable bonds is 4. The topological polar surface area (TPSA) is 89.6 Å². The van der Waals surface area contributed by atoms with Crippen LogP contribution in [0.2, 0.25) is 0 Å². The third-order valence-electron chi connectivity index (χ3n) is 4.27. The van der Waals surface area contributed by atoms with Crippen molar-refractivity contribution in [2.24, 2.45) is 0 Å². The van der Waals surface area contributed by atoms with Gasteiger partial charge >= 0.3 is 0 Å². The molecular weight excluding hydrogens is 300 g/mol. The predicted molar refractivity (Wildman–Crippen MR) is 82.2 cm³/mol. The Morgan fingerprint density at radius 2 is 2.04 bits per heavy atom. The van der Waals surface area contributed by atoms with Gasteiger partial charge in [0.2, 0.25) is 0 Å². The van der Waals surface area contributed by atoms with Crippen LogP contribution in [0.3, 0.4) is 0 Å². The average molecular weight is 320 g/mol. The van der Waals surface area contributed by atoms with Crippen LogP contribution in [-0.2, 0) is 14.2 Å². The Kier molecular flexibility index (Phi) is 4.56. The van der Waals surface area contributed by atoms with E-state index in [-0.39, 0.29) is 24.2 Å². The second-order valence-electron chi connectivity index (χ2n) is 5.52. The van der Waals surface area contributed by atoms with Crippen LogP contribution in [0.25, 0.3) is 11.0 Å². The Morgan fingerprint density at radius 3 is 2.78 bits per heavy atom. The molecule has 1 aromatic carbocycles. The highest BCUT2D eigenvalue weighted by molar-refractivity contribution is 5.97. The maximum absolute atomic E-state index is 12.8. The van der Waals surface area contributed by atoms with Gasteiger partial charge in [-0.3, -0.25) is 4.79 Å². The van der Waals surface area contributed by atoms with E-state index in [4.69, 9.17) is 14.2 Å². The fraction of sp³-hybridized carbons (Fsp3) is 0.533. The maximum atomic E-state index is 12.8. The summed E-state index contributed by atoms with van der Waals surface area (Å²) in [5, 5.41) is 10.5. The van der Waals surface area contributed by atoms with Crippen molar-refractivity contribution in [2.75, 3.05) is 34.5 Å². The van der Waals surface area contributed by atoms with Gasteiger partial charge in [0.05, 0.1) is 19.3 Å². The molecule has 0 radical (unpaired) electrons. The van der Waals surface area contributed by atoms with Gasteiger partial charge in [-0.25, -0.2) is 0 Å². The number of hydrogen-bond acceptors (Lipinski definition) is 6. The molecule has 1 N–H and O–H groups in total. The second kappa shape index (κ2) is 6.61. The minimum absolute atomic E-state index is 0.123. The van der Waals surface area contributed by atoms with E-state index in [1.54, 1.807) is 44.4 Å². The van der Waals surface area contributed by atoms with Crippen molar-refractivity contribution in [3.05, 3.63) is 23.8 Å². The minimum atomic E-state index is -0.238. The number of H-pyrrole nitrogens is 1. The molecule has 1 aliphatic heterocycles. The first-order valence-electron chi connectivity index (χ1n) is 7.36. The monoisotopic (exact) mass is 320 g/mol. The van der Waals surface area contributed by atoms with Crippen LogP contribution in [0.5, 0.6) is 0 Å². The van der Waals surface area contributed by atoms with Crippen molar-refractivity contribution in [1.82, 2.24) is 20.3 Å². The van der Waals surface area contributed by atoms with E-state index in [0.29, 0.717) is 24.3 Å². The molecule has 3 rings (SSSR count). The number of hydrogen-bond donors (Lipinski definition) is 1. The van der Waals surface area contributed by atoms with Crippen LogP contribution in [0, 0.1) is 0 Å². The summed E-state index contributed by atoms with van der Waals surface area (Å²) in [5.74, 6) is -0.123. The van der Waals surface area contributed by atoms with Gasteiger partial charge in [-0.05, 0) is 18.2 Å². The summed E-state index contributed by atoms with van der Waals surface area (Å²) in [6.07, 6.45) is -0.439. The van der Waals surface area contributed by atoms with Gasteiger partial charge in [0.25, 0.3) is 5.91 Å². The van der Waals surface area contributed by atoms with Gasteiger partial charge in [0.1, 0.15) is 23.2 Å². The summed E-state index contributed by atoms with van der Waals surface area (Å²) in [5.41, 5.74) is 1.92. The summed E-state index contributed by atoms with van der Waals surface area (Å²) < 4.78 is 16.5. The van der Waals surface area contributed by atoms with Gasteiger partial charge in [-0.1, -0.05) is 0 Å². The molecule has 1 saturated heterocycles. The Morgan fingerprint density at radius 1 is 1.26 bits per heavy atom. The molecule has 8 heteroatoms. The number of benzene rings is 1. The van der Waals surface area contributed by atoms with Gasteiger partial charge in [-0.2, -0.15) is 15.4 Å². The number of amides is 1.